The van der Waals surface area contributed by atoms with Crippen LogP contribution in [0.3, 0.4) is 0 Å². The molecule has 1 fully saturated rings. The highest BCUT2D eigenvalue weighted by Crippen LogP contribution is 2.20. The van der Waals surface area contributed by atoms with Gasteiger partial charge in [0.15, 0.2) is 0 Å². The number of ether oxygens (including phenoxy) is 1. The predicted octanol–water partition coefficient (Wildman–Crippen LogP) is 3.77. The maximum Gasteiger partial charge on any atom is 0.255 e. The lowest BCUT2D eigenvalue weighted by Crippen LogP contribution is -2.28. The molecule has 3 amide bonds. The summed E-state index contributed by atoms with van der Waals surface area (Å²) in [6.07, 6.45) is 0.544. The third-order valence-electron chi connectivity index (χ3n) is 5.37. The molecule has 164 valence electrons. The fourth-order valence-corrected chi connectivity index (χ4v) is 3.47. The standard InChI is InChI=1S/C24H23N3O5/c1-15-21(16(2)32-26-15)14-31-20-5-3-4-18(12-20)24(30)25-19-8-6-17(7-9-19)13-27-22(28)10-11-23(27)29/h3-9,12H,10-11,13-14H2,1-2H3,(H,25,30). The van der Waals surface area contributed by atoms with Crippen LogP contribution in [0, 0.1) is 13.8 Å². The molecule has 0 aliphatic carbocycles. The first kappa shape index (κ1) is 21.3. The van der Waals surface area contributed by atoms with Gasteiger partial charge in [-0.3, -0.25) is 19.3 Å². The number of aryl methyl sites for hydroxylation is 2. The number of likely N-dealkylation sites (tertiary alicyclic amines) is 1. The van der Waals surface area contributed by atoms with Crippen molar-refractivity contribution in [2.75, 3.05) is 5.32 Å². The zero-order valence-corrected chi connectivity index (χ0v) is 17.9. The molecule has 0 saturated carbocycles. The molecule has 0 spiro atoms. The average molecular weight is 433 g/mol. The van der Waals surface area contributed by atoms with Crippen molar-refractivity contribution in [3.05, 3.63) is 76.7 Å². The lowest BCUT2D eigenvalue weighted by molar-refractivity contribution is -0.139. The summed E-state index contributed by atoms with van der Waals surface area (Å²) in [6.45, 7) is 4.23. The van der Waals surface area contributed by atoms with Gasteiger partial charge in [0.2, 0.25) is 11.8 Å². The number of nitrogens with one attached hydrogen (secondary N) is 1. The van der Waals surface area contributed by atoms with Gasteiger partial charge in [0.05, 0.1) is 17.8 Å². The largest absolute Gasteiger partial charge is 0.489 e. The first-order valence-corrected chi connectivity index (χ1v) is 10.3. The fraction of sp³-hybridized carbons (Fsp3) is 0.250. The van der Waals surface area contributed by atoms with Gasteiger partial charge < -0.3 is 14.6 Å². The fourth-order valence-electron chi connectivity index (χ4n) is 3.47. The maximum absolute atomic E-state index is 12.7. The molecule has 0 bridgehead atoms. The average Bonchev–Trinajstić information content (AvgIpc) is 3.28. The number of rotatable bonds is 7. The second-order valence-electron chi connectivity index (χ2n) is 7.64. The van der Waals surface area contributed by atoms with Crippen molar-refractivity contribution in [3.63, 3.8) is 0 Å². The molecule has 8 heteroatoms. The topological polar surface area (TPSA) is 102 Å². The third-order valence-corrected chi connectivity index (χ3v) is 5.37. The van der Waals surface area contributed by atoms with Crippen molar-refractivity contribution in [2.24, 2.45) is 0 Å². The number of carbonyl (C=O) groups is 3. The SMILES string of the molecule is Cc1noc(C)c1COc1cccc(C(=O)Nc2ccc(CN3C(=O)CCC3=O)cc2)c1. The van der Waals surface area contributed by atoms with Crippen molar-refractivity contribution < 1.29 is 23.6 Å². The van der Waals surface area contributed by atoms with Gasteiger partial charge in [-0.05, 0) is 49.7 Å². The van der Waals surface area contributed by atoms with Gasteiger partial charge in [0.25, 0.3) is 5.91 Å². The van der Waals surface area contributed by atoms with Crippen LogP contribution in [0.4, 0.5) is 5.69 Å². The van der Waals surface area contributed by atoms with Gasteiger partial charge in [-0.15, -0.1) is 0 Å². The van der Waals surface area contributed by atoms with Crippen LogP contribution in [0.1, 0.15) is 45.8 Å². The van der Waals surface area contributed by atoms with Crippen LogP contribution in [-0.4, -0.2) is 27.8 Å². The summed E-state index contributed by atoms with van der Waals surface area (Å²) in [5.74, 6) is 0.698. The smallest absolute Gasteiger partial charge is 0.255 e. The van der Waals surface area contributed by atoms with Crippen LogP contribution >= 0.6 is 0 Å². The first-order valence-electron chi connectivity index (χ1n) is 10.3. The van der Waals surface area contributed by atoms with Crippen LogP contribution in [0.15, 0.2) is 53.1 Å². The van der Waals surface area contributed by atoms with Gasteiger partial charge in [0, 0.05) is 24.1 Å². The Morgan fingerprint density at radius 2 is 1.81 bits per heavy atom. The molecule has 3 aromatic rings. The normalized spacial score (nSPS) is 13.5. The van der Waals surface area contributed by atoms with Crippen LogP contribution in [0.2, 0.25) is 0 Å². The molecule has 1 N–H and O–H groups in total. The Morgan fingerprint density at radius 3 is 2.47 bits per heavy atom. The third kappa shape index (κ3) is 4.69. The summed E-state index contributed by atoms with van der Waals surface area (Å²) in [4.78, 5) is 37.5. The minimum Gasteiger partial charge on any atom is -0.489 e. The van der Waals surface area contributed by atoms with Gasteiger partial charge in [-0.2, -0.15) is 0 Å². The Kier molecular flexibility index (Phi) is 6.02. The molecular weight excluding hydrogens is 410 g/mol. The second-order valence-corrected chi connectivity index (χ2v) is 7.64. The van der Waals surface area contributed by atoms with Gasteiger partial charge in [-0.25, -0.2) is 0 Å². The Morgan fingerprint density at radius 1 is 1.09 bits per heavy atom. The number of nitrogens with zero attached hydrogens (tertiary/aromatic N) is 2. The zero-order valence-electron chi connectivity index (χ0n) is 17.9. The quantitative estimate of drug-likeness (QED) is 0.569. The monoisotopic (exact) mass is 433 g/mol. The van der Waals surface area contributed by atoms with Gasteiger partial charge in [-0.1, -0.05) is 23.4 Å². The Hall–Kier alpha value is -3.94. The minimum absolute atomic E-state index is 0.149. The number of hydrogen-bond donors (Lipinski definition) is 1. The molecule has 4 rings (SSSR count). The summed E-state index contributed by atoms with van der Waals surface area (Å²) in [7, 11) is 0. The maximum atomic E-state index is 12.7. The number of anilines is 1. The summed E-state index contributed by atoms with van der Waals surface area (Å²) in [6, 6.07) is 14.0. The zero-order chi connectivity index (χ0) is 22.7. The summed E-state index contributed by atoms with van der Waals surface area (Å²) in [5, 5.41) is 6.75. The van der Waals surface area contributed by atoms with Gasteiger partial charge >= 0.3 is 0 Å². The predicted molar refractivity (Wildman–Crippen MR) is 116 cm³/mol. The van der Waals surface area contributed by atoms with E-state index >= 15 is 0 Å². The molecule has 0 unspecified atom stereocenters. The van der Waals surface area contributed by atoms with Crippen LogP contribution < -0.4 is 10.1 Å². The number of amides is 3. The van der Waals surface area contributed by atoms with Crippen LogP contribution in [-0.2, 0) is 22.7 Å². The highest BCUT2D eigenvalue weighted by atomic mass is 16.5. The Labute approximate surface area is 185 Å². The number of carbonyl (C=O) groups excluding carboxylic acids is 3. The van der Waals surface area contributed by atoms with Crippen molar-refractivity contribution in [2.45, 2.75) is 39.8 Å². The van der Waals surface area contributed by atoms with Crippen molar-refractivity contribution in [1.29, 1.82) is 0 Å². The highest BCUT2D eigenvalue weighted by molar-refractivity contribution is 6.04. The molecule has 2 heterocycles. The number of benzene rings is 2. The van der Waals surface area contributed by atoms with Crippen molar-refractivity contribution in [1.82, 2.24) is 10.1 Å². The molecule has 1 aliphatic heterocycles. The number of imide groups is 1. The van der Waals surface area contributed by atoms with E-state index in [4.69, 9.17) is 9.26 Å². The summed E-state index contributed by atoms with van der Waals surface area (Å²) in [5.41, 5.74) is 3.55. The number of aromatic nitrogens is 1. The van der Waals surface area contributed by atoms with E-state index < -0.39 is 0 Å². The van der Waals surface area contributed by atoms with E-state index in [1.165, 1.54) is 4.90 Å². The molecule has 8 nitrogen and oxygen atoms in total. The summed E-state index contributed by atoms with van der Waals surface area (Å²) >= 11 is 0. The van der Waals surface area contributed by atoms with E-state index in [-0.39, 0.29) is 37.1 Å². The van der Waals surface area contributed by atoms with Crippen LogP contribution in [0.25, 0.3) is 0 Å². The van der Waals surface area contributed by atoms with Gasteiger partial charge in [0.1, 0.15) is 18.1 Å². The van der Waals surface area contributed by atoms with E-state index in [2.05, 4.69) is 10.5 Å². The first-order chi connectivity index (χ1) is 15.4. The molecular formula is C24H23N3O5. The van der Waals surface area contributed by atoms with E-state index in [0.29, 0.717) is 29.4 Å². The second kappa shape index (κ2) is 9.05. The molecule has 1 aliphatic rings. The molecule has 0 radical (unpaired) electrons. The van der Waals surface area contributed by atoms with Crippen molar-refractivity contribution >= 4 is 23.4 Å². The summed E-state index contributed by atoms with van der Waals surface area (Å²) < 4.78 is 10.9. The van der Waals surface area contributed by atoms with Crippen LogP contribution in [0.5, 0.6) is 5.75 Å². The molecule has 1 saturated heterocycles. The lowest BCUT2D eigenvalue weighted by atomic mass is 10.1. The van der Waals surface area contributed by atoms with E-state index in [1.807, 2.05) is 13.8 Å². The molecule has 1 aromatic heterocycles. The van der Waals surface area contributed by atoms with E-state index in [9.17, 15) is 14.4 Å². The Balaban J connectivity index is 1.37. The van der Waals surface area contributed by atoms with E-state index in [1.54, 1.807) is 48.5 Å². The number of hydrogen-bond acceptors (Lipinski definition) is 6. The molecule has 2 aromatic carbocycles. The highest BCUT2D eigenvalue weighted by Gasteiger charge is 2.28. The van der Waals surface area contributed by atoms with Crippen molar-refractivity contribution in [3.8, 4) is 5.75 Å². The lowest BCUT2D eigenvalue weighted by Gasteiger charge is -2.14. The molecule has 0 atom stereocenters. The molecule has 32 heavy (non-hydrogen) atoms. The minimum atomic E-state index is -0.273. The van der Waals surface area contributed by atoms with E-state index in [0.717, 1.165) is 16.8 Å². The Bertz CT molecular complexity index is 1130.